The fourth-order valence-corrected chi connectivity index (χ4v) is 3.29. The SMILES string of the molecule is CCNC(=NCCNC(=O)c1ccco1)N1CCN(c2cccc(Cl)c2)CC1. The molecule has 0 saturated carbocycles. The normalized spacial score (nSPS) is 14.9. The number of furan rings is 1. The summed E-state index contributed by atoms with van der Waals surface area (Å²) in [6, 6.07) is 11.3. The van der Waals surface area contributed by atoms with Crippen LogP contribution in [0, 0.1) is 0 Å². The molecule has 2 heterocycles. The molecule has 7 nitrogen and oxygen atoms in total. The second-order valence-corrected chi connectivity index (χ2v) is 6.86. The molecular formula is C20H26ClN5O2. The fraction of sp³-hybridized carbons (Fsp3) is 0.400. The zero-order valence-corrected chi connectivity index (χ0v) is 16.8. The van der Waals surface area contributed by atoms with Gasteiger partial charge in [0, 0.05) is 50.0 Å². The number of hydrogen-bond acceptors (Lipinski definition) is 4. The first-order valence-electron chi connectivity index (χ1n) is 9.53. The van der Waals surface area contributed by atoms with Crippen LogP contribution in [0.3, 0.4) is 0 Å². The standard InChI is InChI=1S/C20H26ClN5O2/c1-2-22-20(24-9-8-23-19(27)18-7-4-14-28-18)26-12-10-25(11-13-26)17-6-3-5-16(21)15-17/h3-7,14-15H,2,8-13H2,1H3,(H,22,24)(H,23,27). The summed E-state index contributed by atoms with van der Waals surface area (Å²) in [7, 11) is 0. The number of aliphatic imine (C=N–C) groups is 1. The Morgan fingerprint density at radius 2 is 2.00 bits per heavy atom. The van der Waals surface area contributed by atoms with E-state index >= 15 is 0 Å². The molecule has 0 unspecified atom stereocenters. The van der Waals surface area contributed by atoms with Gasteiger partial charge in [-0.15, -0.1) is 0 Å². The third-order valence-electron chi connectivity index (χ3n) is 4.49. The summed E-state index contributed by atoms with van der Waals surface area (Å²) in [6.45, 7) is 7.36. The van der Waals surface area contributed by atoms with E-state index in [-0.39, 0.29) is 5.91 Å². The third kappa shape index (κ3) is 5.42. The smallest absolute Gasteiger partial charge is 0.287 e. The lowest BCUT2D eigenvalue weighted by Crippen LogP contribution is -2.52. The van der Waals surface area contributed by atoms with Crippen LogP contribution in [0.25, 0.3) is 0 Å². The summed E-state index contributed by atoms with van der Waals surface area (Å²) in [5.74, 6) is 0.967. The molecule has 1 aliphatic heterocycles. The van der Waals surface area contributed by atoms with E-state index in [1.54, 1.807) is 12.1 Å². The minimum atomic E-state index is -0.222. The molecule has 0 spiro atoms. The zero-order valence-electron chi connectivity index (χ0n) is 16.0. The van der Waals surface area contributed by atoms with Gasteiger partial charge >= 0.3 is 0 Å². The molecule has 0 atom stereocenters. The molecule has 0 bridgehead atoms. The van der Waals surface area contributed by atoms with Crippen molar-refractivity contribution in [3.05, 3.63) is 53.4 Å². The van der Waals surface area contributed by atoms with Gasteiger partial charge in [-0.3, -0.25) is 9.79 Å². The maximum Gasteiger partial charge on any atom is 0.287 e. The van der Waals surface area contributed by atoms with Gasteiger partial charge in [-0.25, -0.2) is 0 Å². The summed E-state index contributed by atoms with van der Waals surface area (Å²) < 4.78 is 5.08. The lowest BCUT2D eigenvalue weighted by Gasteiger charge is -2.37. The molecule has 0 aliphatic carbocycles. The number of carbonyl (C=O) groups is 1. The molecule has 2 aromatic rings. The van der Waals surface area contributed by atoms with E-state index < -0.39 is 0 Å². The van der Waals surface area contributed by atoms with Crippen molar-refractivity contribution in [3.8, 4) is 0 Å². The Bertz CT molecular complexity index is 786. The van der Waals surface area contributed by atoms with E-state index in [4.69, 9.17) is 16.0 Å². The minimum absolute atomic E-state index is 0.222. The van der Waals surface area contributed by atoms with Gasteiger partial charge < -0.3 is 24.9 Å². The van der Waals surface area contributed by atoms with Crippen molar-refractivity contribution >= 4 is 29.2 Å². The first kappa shape index (κ1) is 20.1. The summed E-state index contributed by atoms with van der Waals surface area (Å²) in [5.41, 5.74) is 1.15. The van der Waals surface area contributed by atoms with Gasteiger partial charge in [-0.1, -0.05) is 17.7 Å². The van der Waals surface area contributed by atoms with Crippen LogP contribution in [0.1, 0.15) is 17.5 Å². The predicted molar refractivity (Wildman–Crippen MR) is 112 cm³/mol. The van der Waals surface area contributed by atoms with Gasteiger partial charge in [0.25, 0.3) is 5.91 Å². The monoisotopic (exact) mass is 403 g/mol. The first-order chi connectivity index (χ1) is 13.7. The summed E-state index contributed by atoms with van der Waals surface area (Å²) in [5, 5.41) is 6.91. The van der Waals surface area contributed by atoms with Crippen LogP contribution in [0.4, 0.5) is 5.69 Å². The van der Waals surface area contributed by atoms with E-state index in [1.165, 1.54) is 6.26 Å². The Morgan fingerprint density at radius 1 is 1.18 bits per heavy atom. The van der Waals surface area contributed by atoms with Crippen LogP contribution in [0.15, 0.2) is 52.1 Å². The van der Waals surface area contributed by atoms with E-state index in [1.807, 2.05) is 18.2 Å². The van der Waals surface area contributed by atoms with Crippen LogP contribution in [-0.4, -0.2) is 62.6 Å². The lowest BCUT2D eigenvalue weighted by molar-refractivity contribution is 0.0927. The van der Waals surface area contributed by atoms with Crippen molar-refractivity contribution in [3.63, 3.8) is 0 Å². The molecule has 1 aromatic carbocycles. The highest BCUT2D eigenvalue weighted by atomic mass is 35.5. The molecule has 2 N–H and O–H groups in total. The van der Waals surface area contributed by atoms with Gasteiger partial charge in [0.2, 0.25) is 0 Å². The lowest BCUT2D eigenvalue weighted by atomic mass is 10.2. The van der Waals surface area contributed by atoms with Crippen LogP contribution in [0.5, 0.6) is 0 Å². The van der Waals surface area contributed by atoms with Gasteiger partial charge in [0.1, 0.15) is 0 Å². The number of anilines is 1. The molecule has 1 fully saturated rings. The summed E-state index contributed by atoms with van der Waals surface area (Å²) in [4.78, 5) is 21.1. The third-order valence-corrected chi connectivity index (χ3v) is 4.73. The van der Waals surface area contributed by atoms with Gasteiger partial charge in [0.05, 0.1) is 12.8 Å². The number of nitrogens with zero attached hydrogens (tertiary/aromatic N) is 3. The number of halogens is 1. The molecule has 1 aromatic heterocycles. The number of guanidine groups is 1. The van der Waals surface area contributed by atoms with Crippen molar-refractivity contribution in [2.24, 2.45) is 4.99 Å². The van der Waals surface area contributed by atoms with Gasteiger partial charge in [-0.2, -0.15) is 0 Å². The Balaban J connectivity index is 1.49. The Morgan fingerprint density at radius 3 is 2.68 bits per heavy atom. The number of rotatable bonds is 6. The van der Waals surface area contributed by atoms with E-state index in [0.29, 0.717) is 18.8 Å². The van der Waals surface area contributed by atoms with Crippen LogP contribution in [0.2, 0.25) is 5.02 Å². The highest BCUT2D eigenvalue weighted by Gasteiger charge is 2.20. The fourth-order valence-electron chi connectivity index (χ4n) is 3.10. The largest absolute Gasteiger partial charge is 0.459 e. The Hall–Kier alpha value is -2.67. The van der Waals surface area contributed by atoms with E-state index in [2.05, 4.69) is 38.4 Å². The molecule has 28 heavy (non-hydrogen) atoms. The quantitative estimate of drug-likeness (QED) is 0.440. The number of amides is 1. The number of hydrogen-bond donors (Lipinski definition) is 2. The van der Waals surface area contributed by atoms with Crippen molar-refractivity contribution in [1.29, 1.82) is 0 Å². The Labute approximate surface area is 170 Å². The average Bonchev–Trinajstić information content (AvgIpc) is 3.25. The van der Waals surface area contributed by atoms with E-state index in [0.717, 1.165) is 49.4 Å². The molecule has 1 saturated heterocycles. The maximum atomic E-state index is 11.9. The van der Waals surface area contributed by atoms with Crippen LogP contribution >= 0.6 is 11.6 Å². The molecule has 1 aliphatic rings. The molecule has 0 radical (unpaired) electrons. The zero-order chi connectivity index (χ0) is 19.8. The predicted octanol–water partition coefficient (Wildman–Crippen LogP) is 2.45. The van der Waals surface area contributed by atoms with Crippen molar-refractivity contribution in [1.82, 2.24) is 15.5 Å². The maximum absolute atomic E-state index is 11.9. The highest BCUT2D eigenvalue weighted by Crippen LogP contribution is 2.20. The number of benzene rings is 1. The molecule has 1 amide bonds. The van der Waals surface area contributed by atoms with Gasteiger partial charge in [-0.05, 0) is 37.3 Å². The van der Waals surface area contributed by atoms with Crippen LogP contribution in [-0.2, 0) is 0 Å². The van der Waals surface area contributed by atoms with Crippen molar-refractivity contribution in [2.75, 3.05) is 50.7 Å². The molecular weight excluding hydrogens is 378 g/mol. The summed E-state index contributed by atoms with van der Waals surface area (Å²) >= 11 is 6.11. The average molecular weight is 404 g/mol. The van der Waals surface area contributed by atoms with E-state index in [9.17, 15) is 4.79 Å². The minimum Gasteiger partial charge on any atom is -0.459 e. The van der Waals surface area contributed by atoms with Crippen LogP contribution < -0.4 is 15.5 Å². The number of carbonyl (C=O) groups excluding carboxylic acids is 1. The summed E-state index contributed by atoms with van der Waals surface area (Å²) in [6.07, 6.45) is 1.49. The van der Waals surface area contributed by atoms with Gasteiger partial charge in [0.15, 0.2) is 11.7 Å². The highest BCUT2D eigenvalue weighted by molar-refractivity contribution is 6.30. The second kappa shape index (κ2) is 10.0. The molecule has 8 heteroatoms. The molecule has 3 rings (SSSR count). The van der Waals surface area contributed by atoms with Crippen molar-refractivity contribution < 1.29 is 9.21 Å². The number of nitrogens with one attached hydrogen (secondary N) is 2. The first-order valence-corrected chi connectivity index (χ1v) is 9.90. The number of piperazine rings is 1. The second-order valence-electron chi connectivity index (χ2n) is 6.42. The molecule has 150 valence electrons. The Kier molecular flexibility index (Phi) is 7.19. The topological polar surface area (TPSA) is 73.1 Å². The van der Waals surface area contributed by atoms with Crippen molar-refractivity contribution in [2.45, 2.75) is 6.92 Å².